The van der Waals surface area contributed by atoms with Gasteiger partial charge in [0.25, 0.3) is 0 Å². The molecule has 2 aliphatic rings. The molecule has 1 fully saturated rings. The van der Waals surface area contributed by atoms with E-state index in [9.17, 15) is 0 Å². The maximum Gasteiger partial charge on any atom is 0.157 e. The van der Waals surface area contributed by atoms with Crippen molar-refractivity contribution in [1.29, 1.82) is 0 Å². The van der Waals surface area contributed by atoms with Gasteiger partial charge >= 0.3 is 0 Å². The summed E-state index contributed by atoms with van der Waals surface area (Å²) >= 11 is 1.84. The fraction of sp³-hybridized carbons (Fsp3) is 0.909. The second-order valence-corrected chi connectivity index (χ2v) is 5.49. The van der Waals surface area contributed by atoms with E-state index in [4.69, 9.17) is 4.74 Å². The zero-order valence-corrected chi connectivity index (χ0v) is 10.3. The number of amidine groups is 1. The van der Waals surface area contributed by atoms with Gasteiger partial charge in [-0.2, -0.15) is 0 Å². The molecule has 1 N–H and O–H groups in total. The Bertz CT molecular complexity index is 239. The Hall–Kier alpha value is -0.220. The van der Waals surface area contributed by atoms with Crippen LogP contribution in [0.25, 0.3) is 0 Å². The number of rotatable bonds is 2. The Morgan fingerprint density at radius 3 is 3.07 bits per heavy atom. The van der Waals surface area contributed by atoms with Crippen LogP contribution in [0.5, 0.6) is 0 Å². The van der Waals surface area contributed by atoms with E-state index in [0.717, 1.165) is 11.8 Å². The Labute approximate surface area is 96.1 Å². The van der Waals surface area contributed by atoms with Gasteiger partial charge in [0.05, 0.1) is 18.2 Å². The molecule has 0 bridgehead atoms. The van der Waals surface area contributed by atoms with Gasteiger partial charge in [-0.25, -0.2) is 0 Å². The van der Waals surface area contributed by atoms with Gasteiger partial charge in [0.2, 0.25) is 0 Å². The minimum Gasteiger partial charge on any atom is -0.376 e. The van der Waals surface area contributed by atoms with Crippen molar-refractivity contribution in [3.63, 3.8) is 0 Å². The van der Waals surface area contributed by atoms with Crippen molar-refractivity contribution in [3.05, 3.63) is 0 Å². The fourth-order valence-electron chi connectivity index (χ4n) is 1.99. The van der Waals surface area contributed by atoms with Gasteiger partial charge in [-0.1, -0.05) is 11.8 Å². The molecule has 86 valence electrons. The third kappa shape index (κ3) is 3.11. The highest BCUT2D eigenvalue weighted by Crippen LogP contribution is 2.19. The van der Waals surface area contributed by atoms with E-state index in [1.54, 1.807) is 0 Å². The summed E-state index contributed by atoms with van der Waals surface area (Å²) in [6.07, 6.45) is 3.96. The van der Waals surface area contributed by atoms with Crippen LogP contribution in [0.1, 0.15) is 33.1 Å². The van der Waals surface area contributed by atoms with Crippen LogP contribution in [0.3, 0.4) is 0 Å². The average molecular weight is 228 g/mol. The Balaban J connectivity index is 1.84. The van der Waals surface area contributed by atoms with E-state index in [0.29, 0.717) is 18.2 Å². The van der Waals surface area contributed by atoms with E-state index in [2.05, 4.69) is 24.2 Å². The summed E-state index contributed by atoms with van der Waals surface area (Å²) in [5.74, 6) is 1.19. The lowest BCUT2D eigenvalue weighted by molar-refractivity contribution is 0.0895. The second kappa shape index (κ2) is 5.21. The Morgan fingerprint density at radius 2 is 2.40 bits per heavy atom. The molecule has 0 amide bonds. The van der Waals surface area contributed by atoms with Gasteiger partial charge in [-0.3, -0.25) is 4.99 Å². The molecule has 0 aromatic carbocycles. The molecule has 3 atom stereocenters. The zero-order valence-electron chi connectivity index (χ0n) is 9.53. The SMILES string of the molecule is CC1CCSC(NC(C)C2CCCO2)=N1. The maximum atomic E-state index is 5.66. The largest absolute Gasteiger partial charge is 0.376 e. The molecule has 1 saturated heterocycles. The molecule has 2 heterocycles. The van der Waals surface area contributed by atoms with Crippen LogP contribution < -0.4 is 5.32 Å². The second-order valence-electron chi connectivity index (χ2n) is 4.40. The smallest absolute Gasteiger partial charge is 0.157 e. The van der Waals surface area contributed by atoms with E-state index in [1.807, 2.05) is 11.8 Å². The zero-order chi connectivity index (χ0) is 10.7. The van der Waals surface area contributed by atoms with Crippen LogP contribution in [0.15, 0.2) is 4.99 Å². The third-order valence-electron chi connectivity index (χ3n) is 2.99. The number of aliphatic imine (C=N–C) groups is 1. The molecule has 0 aromatic rings. The van der Waals surface area contributed by atoms with Crippen molar-refractivity contribution in [2.24, 2.45) is 4.99 Å². The molecule has 0 spiro atoms. The molecule has 0 aliphatic carbocycles. The molecule has 0 aromatic heterocycles. The lowest BCUT2D eigenvalue weighted by Crippen LogP contribution is -2.41. The first kappa shape index (κ1) is 11.3. The molecular weight excluding hydrogens is 208 g/mol. The van der Waals surface area contributed by atoms with Gasteiger partial charge in [0.1, 0.15) is 0 Å². The molecular formula is C11H20N2OS. The third-order valence-corrected chi connectivity index (χ3v) is 3.92. The van der Waals surface area contributed by atoms with Crippen molar-refractivity contribution in [2.45, 2.75) is 51.3 Å². The van der Waals surface area contributed by atoms with Crippen LogP contribution >= 0.6 is 11.8 Å². The first-order valence-electron chi connectivity index (χ1n) is 5.84. The summed E-state index contributed by atoms with van der Waals surface area (Å²) in [5, 5.41) is 4.59. The predicted octanol–water partition coefficient (Wildman–Crippen LogP) is 2.02. The van der Waals surface area contributed by atoms with E-state index in [-0.39, 0.29) is 0 Å². The normalized spacial score (nSPS) is 33.6. The highest BCUT2D eigenvalue weighted by molar-refractivity contribution is 8.13. The summed E-state index contributed by atoms with van der Waals surface area (Å²) < 4.78 is 5.66. The number of nitrogens with one attached hydrogen (secondary N) is 1. The Kier molecular flexibility index (Phi) is 3.92. The van der Waals surface area contributed by atoms with Crippen molar-refractivity contribution in [2.75, 3.05) is 12.4 Å². The van der Waals surface area contributed by atoms with E-state index >= 15 is 0 Å². The number of hydrogen-bond donors (Lipinski definition) is 1. The van der Waals surface area contributed by atoms with Gasteiger partial charge in [0.15, 0.2) is 5.17 Å². The summed E-state index contributed by atoms with van der Waals surface area (Å²) in [6, 6.07) is 0.870. The quantitative estimate of drug-likeness (QED) is 0.785. The first-order valence-corrected chi connectivity index (χ1v) is 6.83. The summed E-state index contributed by atoms with van der Waals surface area (Å²) in [7, 11) is 0. The first-order chi connectivity index (χ1) is 7.25. The number of ether oxygens (including phenoxy) is 1. The summed E-state index contributed by atoms with van der Waals surface area (Å²) in [5.41, 5.74) is 0. The molecule has 3 unspecified atom stereocenters. The maximum absolute atomic E-state index is 5.66. The van der Waals surface area contributed by atoms with Crippen molar-refractivity contribution >= 4 is 16.9 Å². The number of hydrogen-bond acceptors (Lipinski definition) is 4. The van der Waals surface area contributed by atoms with Gasteiger partial charge in [-0.05, 0) is 33.1 Å². The van der Waals surface area contributed by atoms with E-state index in [1.165, 1.54) is 25.0 Å². The highest BCUT2D eigenvalue weighted by Gasteiger charge is 2.24. The van der Waals surface area contributed by atoms with Crippen molar-refractivity contribution in [1.82, 2.24) is 5.32 Å². The number of nitrogens with zero attached hydrogens (tertiary/aromatic N) is 1. The Morgan fingerprint density at radius 1 is 1.53 bits per heavy atom. The summed E-state index contributed by atoms with van der Waals surface area (Å²) in [6.45, 7) is 5.29. The highest BCUT2D eigenvalue weighted by atomic mass is 32.2. The standard InChI is InChI=1S/C11H20N2OS/c1-8-5-7-15-11(12-8)13-9(2)10-4-3-6-14-10/h8-10H,3-7H2,1-2H3,(H,12,13). The monoisotopic (exact) mass is 228 g/mol. The molecule has 2 aliphatic heterocycles. The predicted molar refractivity (Wildman–Crippen MR) is 65.5 cm³/mol. The molecule has 0 radical (unpaired) electrons. The van der Waals surface area contributed by atoms with Crippen LogP contribution in [-0.2, 0) is 4.74 Å². The summed E-state index contributed by atoms with van der Waals surface area (Å²) in [4.78, 5) is 4.61. The number of thioether (sulfide) groups is 1. The van der Waals surface area contributed by atoms with Gasteiger partial charge < -0.3 is 10.1 Å². The van der Waals surface area contributed by atoms with Crippen LogP contribution in [0.4, 0.5) is 0 Å². The van der Waals surface area contributed by atoms with Crippen LogP contribution in [0, 0.1) is 0 Å². The molecule has 0 saturated carbocycles. The molecule has 4 heteroatoms. The molecule has 2 rings (SSSR count). The lowest BCUT2D eigenvalue weighted by atomic mass is 10.1. The van der Waals surface area contributed by atoms with Crippen molar-refractivity contribution < 1.29 is 4.74 Å². The molecule has 3 nitrogen and oxygen atoms in total. The molecule has 15 heavy (non-hydrogen) atoms. The lowest BCUT2D eigenvalue weighted by Gasteiger charge is -2.24. The average Bonchev–Trinajstić information content (AvgIpc) is 2.70. The van der Waals surface area contributed by atoms with Gasteiger partial charge in [0, 0.05) is 12.4 Å². The van der Waals surface area contributed by atoms with Crippen LogP contribution in [0.2, 0.25) is 0 Å². The minimum atomic E-state index is 0.380. The van der Waals surface area contributed by atoms with Gasteiger partial charge in [-0.15, -0.1) is 0 Å². The van der Waals surface area contributed by atoms with Crippen LogP contribution in [-0.4, -0.2) is 35.7 Å². The van der Waals surface area contributed by atoms with E-state index < -0.39 is 0 Å². The van der Waals surface area contributed by atoms with Crippen molar-refractivity contribution in [3.8, 4) is 0 Å². The fourth-order valence-corrected chi connectivity index (χ4v) is 3.17. The topological polar surface area (TPSA) is 33.6 Å². The minimum absolute atomic E-state index is 0.380.